The van der Waals surface area contributed by atoms with Crippen molar-refractivity contribution < 1.29 is 4.79 Å². The van der Waals surface area contributed by atoms with Crippen LogP contribution in [0.15, 0.2) is 36.4 Å². The molecule has 1 fully saturated rings. The first-order valence-corrected chi connectivity index (χ1v) is 9.99. The van der Waals surface area contributed by atoms with E-state index in [0.717, 1.165) is 50.6 Å². The number of aryl methyl sites for hydroxylation is 2. The molecule has 0 bridgehead atoms. The number of benzene rings is 1. The standard InChI is InChI=1S/C20H23N7O/c28-20(18-13-17-7-4-12-26(17)23-18)21-15-8-10-16(11-9-15)27-24-19(22-25-27)14-5-2-1-3-6-14/h1-3,5-6,13,15-16H,4,7-12H2,(H,21,28). The summed E-state index contributed by atoms with van der Waals surface area (Å²) in [5.41, 5.74) is 2.68. The minimum Gasteiger partial charge on any atom is -0.348 e. The molecule has 8 heteroatoms. The van der Waals surface area contributed by atoms with E-state index >= 15 is 0 Å². The number of amides is 1. The normalized spacial score (nSPS) is 21.4. The smallest absolute Gasteiger partial charge is 0.272 e. The Labute approximate surface area is 162 Å². The number of hydrogen-bond acceptors (Lipinski definition) is 5. The van der Waals surface area contributed by atoms with Gasteiger partial charge in [-0.15, -0.1) is 10.2 Å². The molecule has 3 aromatic rings. The van der Waals surface area contributed by atoms with E-state index < -0.39 is 0 Å². The van der Waals surface area contributed by atoms with Crippen molar-refractivity contribution in [2.45, 2.75) is 57.2 Å². The Morgan fingerprint density at radius 2 is 1.89 bits per heavy atom. The number of carbonyl (C=O) groups excluding carboxylic acids is 1. The molecule has 2 aliphatic rings. The van der Waals surface area contributed by atoms with Crippen LogP contribution in [0.5, 0.6) is 0 Å². The van der Waals surface area contributed by atoms with E-state index in [4.69, 9.17) is 0 Å². The van der Waals surface area contributed by atoms with E-state index in [1.54, 1.807) is 4.80 Å². The molecular formula is C20H23N7O. The van der Waals surface area contributed by atoms with Gasteiger partial charge < -0.3 is 5.32 Å². The molecule has 8 nitrogen and oxygen atoms in total. The average molecular weight is 377 g/mol. The number of fused-ring (bicyclic) bond motifs is 1. The van der Waals surface area contributed by atoms with Gasteiger partial charge in [-0.3, -0.25) is 9.48 Å². The van der Waals surface area contributed by atoms with E-state index in [2.05, 4.69) is 25.8 Å². The molecule has 0 radical (unpaired) electrons. The van der Waals surface area contributed by atoms with Crippen molar-refractivity contribution in [1.29, 1.82) is 0 Å². The molecule has 1 amide bonds. The Hall–Kier alpha value is -3.03. The SMILES string of the molecule is O=C(NC1CCC(n2nnc(-c3ccccc3)n2)CC1)c1cc2n(n1)CCC2. The zero-order chi connectivity index (χ0) is 18.9. The van der Waals surface area contributed by atoms with E-state index in [1.807, 2.05) is 41.1 Å². The monoisotopic (exact) mass is 377 g/mol. The van der Waals surface area contributed by atoms with Gasteiger partial charge in [0.2, 0.25) is 5.82 Å². The van der Waals surface area contributed by atoms with Crippen LogP contribution in [0.25, 0.3) is 11.4 Å². The lowest BCUT2D eigenvalue weighted by Crippen LogP contribution is -2.38. The number of rotatable bonds is 4. The van der Waals surface area contributed by atoms with Gasteiger partial charge >= 0.3 is 0 Å². The average Bonchev–Trinajstić information content (AvgIpc) is 3.45. The molecule has 2 aromatic heterocycles. The van der Waals surface area contributed by atoms with Crippen molar-refractivity contribution in [3.8, 4) is 11.4 Å². The minimum atomic E-state index is -0.0596. The fraction of sp³-hybridized carbons (Fsp3) is 0.450. The van der Waals surface area contributed by atoms with Gasteiger partial charge in [0.25, 0.3) is 5.91 Å². The molecule has 5 rings (SSSR count). The van der Waals surface area contributed by atoms with Crippen molar-refractivity contribution in [2.75, 3.05) is 0 Å². The lowest BCUT2D eigenvalue weighted by atomic mass is 9.91. The molecule has 1 aromatic carbocycles. The Kier molecular flexibility index (Phi) is 4.38. The van der Waals surface area contributed by atoms with Crippen LogP contribution >= 0.6 is 0 Å². The molecule has 3 heterocycles. The Balaban J connectivity index is 1.17. The molecule has 0 saturated heterocycles. The van der Waals surface area contributed by atoms with Crippen molar-refractivity contribution in [3.63, 3.8) is 0 Å². The maximum atomic E-state index is 12.5. The van der Waals surface area contributed by atoms with Gasteiger partial charge in [-0.25, -0.2) is 0 Å². The number of nitrogens with one attached hydrogen (secondary N) is 1. The maximum Gasteiger partial charge on any atom is 0.272 e. The third-order valence-electron chi connectivity index (χ3n) is 5.72. The number of aromatic nitrogens is 6. The molecule has 0 atom stereocenters. The van der Waals surface area contributed by atoms with Crippen LogP contribution in [0.4, 0.5) is 0 Å². The molecule has 1 aliphatic heterocycles. The minimum absolute atomic E-state index is 0.0596. The van der Waals surface area contributed by atoms with E-state index in [1.165, 1.54) is 5.69 Å². The summed E-state index contributed by atoms with van der Waals surface area (Å²) in [7, 11) is 0. The fourth-order valence-corrected chi connectivity index (χ4v) is 4.16. The molecule has 1 aliphatic carbocycles. The predicted molar refractivity (Wildman–Crippen MR) is 103 cm³/mol. The number of hydrogen-bond donors (Lipinski definition) is 1. The van der Waals surface area contributed by atoms with Gasteiger partial charge in [-0.2, -0.15) is 9.90 Å². The molecule has 1 saturated carbocycles. The van der Waals surface area contributed by atoms with Crippen molar-refractivity contribution in [1.82, 2.24) is 35.3 Å². The van der Waals surface area contributed by atoms with Gasteiger partial charge in [-0.05, 0) is 49.8 Å². The summed E-state index contributed by atoms with van der Waals surface area (Å²) in [6.07, 6.45) is 5.81. The second-order valence-corrected chi connectivity index (χ2v) is 7.63. The fourth-order valence-electron chi connectivity index (χ4n) is 4.16. The quantitative estimate of drug-likeness (QED) is 0.754. The summed E-state index contributed by atoms with van der Waals surface area (Å²) in [6, 6.07) is 12.2. The van der Waals surface area contributed by atoms with Crippen LogP contribution in [-0.2, 0) is 13.0 Å². The maximum absolute atomic E-state index is 12.5. The predicted octanol–water partition coefficient (Wildman–Crippen LogP) is 2.40. The zero-order valence-corrected chi connectivity index (χ0v) is 15.7. The third kappa shape index (κ3) is 3.30. The molecule has 144 valence electrons. The molecule has 1 N–H and O–H groups in total. The lowest BCUT2D eigenvalue weighted by Gasteiger charge is -2.27. The molecule has 28 heavy (non-hydrogen) atoms. The van der Waals surface area contributed by atoms with Crippen LogP contribution in [0.1, 0.15) is 54.3 Å². The Bertz CT molecular complexity index is 948. The van der Waals surface area contributed by atoms with Gasteiger partial charge in [0.05, 0.1) is 6.04 Å². The number of carbonyl (C=O) groups is 1. The van der Waals surface area contributed by atoms with Crippen LogP contribution in [0, 0.1) is 0 Å². The van der Waals surface area contributed by atoms with Gasteiger partial charge in [0.15, 0.2) is 0 Å². The zero-order valence-electron chi connectivity index (χ0n) is 15.7. The van der Waals surface area contributed by atoms with Gasteiger partial charge in [0.1, 0.15) is 5.69 Å². The van der Waals surface area contributed by atoms with Crippen molar-refractivity contribution in [3.05, 3.63) is 47.8 Å². The van der Waals surface area contributed by atoms with Crippen molar-refractivity contribution >= 4 is 5.91 Å². The second-order valence-electron chi connectivity index (χ2n) is 7.63. The first kappa shape index (κ1) is 17.1. The van der Waals surface area contributed by atoms with Crippen molar-refractivity contribution in [2.24, 2.45) is 0 Å². The summed E-state index contributed by atoms with van der Waals surface area (Å²) in [6.45, 7) is 0.920. The Morgan fingerprint density at radius 3 is 2.68 bits per heavy atom. The number of tetrazole rings is 1. The highest BCUT2D eigenvalue weighted by atomic mass is 16.2. The summed E-state index contributed by atoms with van der Waals surface area (Å²) in [5.74, 6) is 0.597. The van der Waals surface area contributed by atoms with Crippen LogP contribution in [0.3, 0.4) is 0 Å². The topological polar surface area (TPSA) is 90.5 Å². The molecule has 0 spiro atoms. The van der Waals surface area contributed by atoms with Crippen LogP contribution in [0.2, 0.25) is 0 Å². The molecular weight excluding hydrogens is 354 g/mol. The Morgan fingerprint density at radius 1 is 1.07 bits per heavy atom. The largest absolute Gasteiger partial charge is 0.348 e. The van der Waals surface area contributed by atoms with E-state index in [9.17, 15) is 4.79 Å². The highest BCUT2D eigenvalue weighted by molar-refractivity contribution is 5.92. The van der Waals surface area contributed by atoms with Crippen LogP contribution < -0.4 is 5.32 Å². The first-order chi connectivity index (χ1) is 13.8. The molecule has 0 unspecified atom stereocenters. The van der Waals surface area contributed by atoms with E-state index in [-0.39, 0.29) is 18.0 Å². The number of nitrogens with zero attached hydrogens (tertiary/aromatic N) is 6. The third-order valence-corrected chi connectivity index (χ3v) is 5.72. The van der Waals surface area contributed by atoms with E-state index in [0.29, 0.717) is 11.5 Å². The summed E-state index contributed by atoms with van der Waals surface area (Å²) >= 11 is 0. The highest BCUT2D eigenvalue weighted by Gasteiger charge is 2.27. The highest BCUT2D eigenvalue weighted by Crippen LogP contribution is 2.28. The summed E-state index contributed by atoms with van der Waals surface area (Å²) < 4.78 is 1.95. The lowest BCUT2D eigenvalue weighted by molar-refractivity contribution is 0.0914. The summed E-state index contributed by atoms with van der Waals surface area (Å²) in [4.78, 5) is 14.2. The second kappa shape index (κ2) is 7.18. The van der Waals surface area contributed by atoms with Gasteiger partial charge in [-0.1, -0.05) is 30.3 Å². The first-order valence-electron chi connectivity index (χ1n) is 9.99. The summed E-state index contributed by atoms with van der Waals surface area (Å²) in [5, 5.41) is 20.6. The van der Waals surface area contributed by atoms with Crippen LogP contribution in [-0.4, -0.2) is 41.9 Å². The van der Waals surface area contributed by atoms with Gasteiger partial charge in [0, 0.05) is 23.8 Å².